The lowest BCUT2D eigenvalue weighted by Gasteiger charge is -2.21. The summed E-state index contributed by atoms with van der Waals surface area (Å²) in [5, 5.41) is 2.87. The molecule has 29 heavy (non-hydrogen) atoms. The molecule has 1 aromatic heterocycles. The summed E-state index contributed by atoms with van der Waals surface area (Å²) in [5.74, 6) is 0.981. The molecule has 0 spiro atoms. The van der Waals surface area contributed by atoms with Gasteiger partial charge in [-0.2, -0.15) is 0 Å². The van der Waals surface area contributed by atoms with Crippen LogP contribution in [0.5, 0.6) is 0 Å². The minimum Gasteiger partial charge on any atom is -0.455 e. The average molecular weight is 394 g/mol. The Hall–Kier alpha value is -2.92. The summed E-state index contributed by atoms with van der Waals surface area (Å²) >= 11 is 0. The van der Waals surface area contributed by atoms with Crippen molar-refractivity contribution >= 4 is 5.91 Å². The van der Waals surface area contributed by atoms with Crippen LogP contribution in [0.2, 0.25) is 0 Å². The largest absolute Gasteiger partial charge is 0.455 e. The molecular formula is C24H27FN2O2. The van der Waals surface area contributed by atoms with Gasteiger partial charge < -0.3 is 9.73 Å². The molecule has 0 unspecified atom stereocenters. The Balaban J connectivity index is 1.70. The molecule has 152 valence electrons. The van der Waals surface area contributed by atoms with Crippen LogP contribution < -0.4 is 5.32 Å². The van der Waals surface area contributed by atoms with Gasteiger partial charge in [0, 0.05) is 19.6 Å². The van der Waals surface area contributed by atoms with Crippen molar-refractivity contribution in [3.8, 4) is 0 Å². The second-order valence-corrected chi connectivity index (χ2v) is 7.63. The van der Waals surface area contributed by atoms with Crippen molar-refractivity contribution in [2.75, 3.05) is 6.54 Å². The Morgan fingerprint density at radius 2 is 1.59 bits per heavy atom. The second-order valence-electron chi connectivity index (χ2n) is 7.63. The van der Waals surface area contributed by atoms with Gasteiger partial charge in [0.1, 0.15) is 11.6 Å². The number of nitrogens with zero attached hydrogens (tertiary/aromatic N) is 1. The molecule has 2 aromatic carbocycles. The molecule has 0 saturated heterocycles. The number of rotatable bonds is 9. The predicted molar refractivity (Wildman–Crippen MR) is 112 cm³/mol. The van der Waals surface area contributed by atoms with Crippen molar-refractivity contribution < 1.29 is 13.6 Å². The molecule has 3 aromatic rings. The fourth-order valence-electron chi connectivity index (χ4n) is 3.05. The van der Waals surface area contributed by atoms with Gasteiger partial charge in [-0.3, -0.25) is 9.69 Å². The Bertz CT molecular complexity index is 904. The lowest BCUT2D eigenvalue weighted by molar-refractivity contribution is 0.0916. The maximum atomic E-state index is 13.2. The molecule has 0 fully saturated rings. The summed E-state index contributed by atoms with van der Waals surface area (Å²) in [5.41, 5.74) is 2.19. The van der Waals surface area contributed by atoms with Crippen molar-refractivity contribution in [1.82, 2.24) is 10.2 Å². The second kappa shape index (κ2) is 10.0. The van der Waals surface area contributed by atoms with Crippen molar-refractivity contribution in [3.05, 3.63) is 95.2 Å². The van der Waals surface area contributed by atoms with E-state index in [2.05, 4.69) is 22.3 Å². The van der Waals surface area contributed by atoms with Gasteiger partial charge in [0.25, 0.3) is 5.91 Å². The van der Waals surface area contributed by atoms with Crippen molar-refractivity contribution in [2.24, 2.45) is 5.92 Å². The molecule has 1 heterocycles. The zero-order chi connectivity index (χ0) is 20.6. The predicted octanol–water partition coefficient (Wildman–Crippen LogP) is 5.01. The summed E-state index contributed by atoms with van der Waals surface area (Å²) in [6.45, 7) is 6.61. The van der Waals surface area contributed by atoms with E-state index in [-0.39, 0.29) is 11.7 Å². The fraction of sp³-hybridized carbons (Fsp3) is 0.292. The molecule has 0 aliphatic rings. The van der Waals surface area contributed by atoms with Gasteiger partial charge in [0.2, 0.25) is 0 Å². The molecule has 0 saturated carbocycles. The standard InChI is InChI=1S/C24H27FN2O2/c1-18(2)14-26-24(28)23-13-12-22(29-23)17-27(15-19-6-4-3-5-7-19)16-20-8-10-21(25)11-9-20/h3-13,18H,14-17H2,1-2H3,(H,26,28). The monoisotopic (exact) mass is 394 g/mol. The number of halogens is 1. The average Bonchev–Trinajstić information content (AvgIpc) is 3.17. The van der Waals surface area contributed by atoms with Crippen LogP contribution in [0, 0.1) is 11.7 Å². The Kier molecular flexibility index (Phi) is 7.19. The highest BCUT2D eigenvalue weighted by molar-refractivity contribution is 5.91. The molecule has 0 bridgehead atoms. The van der Waals surface area contributed by atoms with Gasteiger partial charge in [0.05, 0.1) is 6.54 Å². The third-order valence-corrected chi connectivity index (χ3v) is 4.50. The van der Waals surface area contributed by atoms with Crippen molar-refractivity contribution in [1.29, 1.82) is 0 Å². The quantitative estimate of drug-likeness (QED) is 0.555. The van der Waals surface area contributed by atoms with Gasteiger partial charge in [-0.05, 0) is 41.3 Å². The first kappa shape index (κ1) is 20.8. The summed E-state index contributed by atoms with van der Waals surface area (Å²) in [4.78, 5) is 14.4. The number of carbonyl (C=O) groups excluding carboxylic acids is 1. The summed E-state index contributed by atoms with van der Waals surface area (Å²) < 4.78 is 19.0. The number of amides is 1. The molecule has 0 aliphatic carbocycles. The molecule has 3 rings (SSSR count). The first-order valence-corrected chi connectivity index (χ1v) is 9.87. The lowest BCUT2D eigenvalue weighted by Crippen LogP contribution is -2.27. The summed E-state index contributed by atoms with van der Waals surface area (Å²) in [7, 11) is 0. The van der Waals surface area contributed by atoms with Crippen LogP contribution in [0.3, 0.4) is 0 Å². The van der Waals surface area contributed by atoms with Gasteiger partial charge in [0.15, 0.2) is 5.76 Å². The molecular weight excluding hydrogens is 367 g/mol. The van der Waals surface area contributed by atoms with E-state index in [4.69, 9.17) is 4.42 Å². The van der Waals surface area contributed by atoms with Crippen molar-refractivity contribution in [2.45, 2.75) is 33.5 Å². The van der Waals surface area contributed by atoms with Crippen LogP contribution in [0.15, 0.2) is 71.1 Å². The van der Waals surface area contributed by atoms with E-state index >= 15 is 0 Å². The maximum absolute atomic E-state index is 13.2. The molecule has 1 amide bonds. The number of furan rings is 1. The third kappa shape index (κ3) is 6.57. The van der Waals surface area contributed by atoms with Gasteiger partial charge >= 0.3 is 0 Å². The van der Waals surface area contributed by atoms with Crippen LogP contribution in [0.1, 0.15) is 41.3 Å². The number of benzene rings is 2. The SMILES string of the molecule is CC(C)CNC(=O)c1ccc(CN(Cc2ccccc2)Cc2ccc(F)cc2)o1. The number of hydrogen-bond donors (Lipinski definition) is 1. The summed E-state index contributed by atoms with van der Waals surface area (Å²) in [6.07, 6.45) is 0. The highest BCUT2D eigenvalue weighted by Crippen LogP contribution is 2.17. The minimum absolute atomic E-state index is 0.196. The lowest BCUT2D eigenvalue weighted by atomic mass is 10.1. The van der Waals surface area contributed by atoms with Crippen LogP contribution in [-0.4, -0.2) is 17.4 Å². The van der Waals surface area contributed by atoms with Crippen molar-refractivity contribution in [3.63, 3.8) is 0 Å². The molecule has 0 aliphatic heterocycles. The van der Waals surface area contributed by atoms with E-state index in [1.807, 2.05) is 38.1 Å². The number of nitrogens with one attached hydrogen (secondary N) is 1. The Morgan fingerprint density at radius 1 is 0.931 bits per heavy atom. The first-order chi connectivity index (χ1) is 14.0. The minimum atomic E-state index is -0.244. The fourth-order valence-corrected chi connectivity index (χ4v) is 3.05. The Labute approximate surface area is 171 Å². The smallest absolute Gasteiger partial charge is 0.287 e. The van der Waals surface area contributed by atoms with E-state index in [0.29, 0.717) is 37.9 Å². The van der Waals surface area contributed by atoms with E-state index in [0.717, 1.165) is 11.3 Å². The number of carbonyl (C=O) groups is 1. The highest BCUT2D eigenvalue weighted by atomic mass is 19.1. The molecule has 0 atom stereocenters. The van der Waals surface area contributed by atoms with E-state index < -0.39 is 0 Å². The van der Waals surface area contributed by atoms with E-state index in [1.165, 1.54) is 17.7 Å². The van der Waals surface area contributed by atoms with Gasteiger partial charge in [-0.1, -0.05) is 56.3 Å². The maximum Gasteiger partial charge on any atom is 0.287 e. The van der Waals surface area contributed by atoms with Gasteiger partial charge in [-0.25, -0.2) is 4.39 Å². The molecule has 4 nitrogen and oxygen atoms in total. The topological polar surface area (TPSA) is 45.5 Å². The Morgan fingerprint density at radius 3 is 2.24 bits per heavy atom. The first-order valence-electron chi connectivity index (χ1n) is 9.87. The molecule has 5 heteroatoms. The highest BCUT2D eigenvalue weighted by Gasteiger charge is 2.15. The molecule has 1 N–H and O–H groups in total. The third-order valence-electron chi connectivity index (χ3n) is 4.50. The zero-order valence-electron chi connectivity index (χ0n) is 16.9. The van der Waals surface area contributed by atoms with Crippen LogP contribution in [0.25, 0.3) is 0 Å². The van der Waals surface area contributed by atoms with Crippen LogP contribution in [0.4, 0.5) is 4.39 Å². The van der Waals surface area contributed by atoms with E-state index in [9.17, 15) is 9.18 Å². The van der Waals surface area contributed by atoms with Gasteiger partial charge in [-0.15, -0.1) is 0 Å². The van der Waals surface area contributed by atoms with E-state index in [1.54, 1.807) is 18.2 Å². The van der Waals surface area contributed by atoms with Crippen LogP contribution in [-0.2, 0) is 19.6 Å². The molecule has 0 radical (unpaired) electrons. The normalized spacial score (nSPS) is 11.2. The summed E-state index contributed by atoms with van der Waals surface area (Å²) in [6, 6.07) is 20.2. The van der Waals surface area contributed by atoms with Crippen LogP contribution >= 0.6 is 0 Å². The zero-order valence-corrected chi connectivity index (χ0v) is 16.9. The number of hydrogen-bond acceptors (Lipinski definition) is 3.